The number of fused-ring (bicyclic) bond motifs is 1. The van der Waals surface area contributed by atoms with Gasteiger partial charge in [-0.15, -0.1) is 0 Å². The van der Waals surface area contributed by atoms with Gasteiger partial charge in [-0.1, -0.05) is 25.4 Å². The molecule has 0 aliphatic heterocycles. The smallest absolute Gasteiger partial charge is 0.119 e. The third kappa shape index (κ3) is 2.39. The predicted octanol–water partition coefficient (Wildman–Crippen LogP) is 3.93. The molecule has 0 atom stereocenters. The fourth-order valence-electron chi connectivity index (χ4n) is 1.38. The Balaban J connectivity index is 0.000000531. The standard InChI is InChI=1S/C10H8ClNO.C2H6/c1-6-2-3-12-9-5-7(13)4-8(11)10(6)9;1-2/h2-5,13H,1H3;1-2H3. The van der Waals surface area contributed by atoms with Crippen LogP contribution in [0, 0.1) is 6.92 Å². The first-order valence-corrected chi connectivity index (χ1v) is 5.30. The van der Waals surface area contributed by atoms with Gasteiger partial charge in [0, 0.05) is 17.6 Å². The second-order valence-corrected chi connectivity index (χ2v) is 3.36. The molecule has 1 heterocycles. The molecule has 2 nitrogen and oxygen atoms in total. The molecule has 80 valence electrons. The van der Waals surface area contributed by atoms with Gasteiger partial charge in [-0.05, 0) is 24.6 Å². The van der Waals surface area contributed by atoms with Crippen LogP contribution in [0.1, 0.15) is 19.4 Å². The summed E-state index contributed by atoms with van der Waals surface area (Å²) in [5, 5.41) is 10.7. The van der Waals surface area contributed by atoms with Crippen molar-refractivity contribution in [3.05, 3.63) is 35.0 Å². The van der Waals surface area contributed by atoms with Crippen LogP contribution >= 0.6 is 11.6 Å². The first-order valence-electron chi connectivity index (χ1n) is 4.92. The van der Waals surface area contributed by atoms with Crippen molar-refractivity contribution >= 4 is 22.5 Å². The van der Waals surface area contributed by atoms with Crippen molar-refractivity contribution < 1.29 is 5.11 Å². The number of pyridine rings is 1. The third-order valence-electron chi connectivity index (χ3n) is 1.99. The number of phenols is 1. The molecule has 0 bridgehead atoms. The van der Waals surface area contributed by atoms with Crippen molar-refractivity contribution in [3.63, 3.8) is 0 Å². The number of phenolic OH excluding ortho intramolecular Hbond substituents is 1. The summed E-state index contributed by atoms with van der Waals surface area (Å²) in [6.07, 6.45) is 1.70. The van der Waals surface area contributed by atoms with E-state index in [0.717, 1.165) is 16.5 Å². The molecule has 0 aliphatic rings. The van der Waals surface area contributed by atoms with E-state index in [0.29, 0.717) is 5.02 Å². The molecule has 0 fully saturated rings. The van der Waals surface area contributed by atoms with Crippen molar-refractivity contribution in [2.24, 2.45) is 0 Å². The molecule has 0 unspecified atom stereocenters. The van der Waals surface area contributed by atoms with Crippen LogP contribution in [0.2, 0.25) is 5.02 Å². The number of aromatic nitrogens is 1. The first kappa shape index (κ1) is 11.8. The Morgan fingerprint density at radius 1 is 1.27 bits per heavy atom. The number of halogens is 1. The van der Waals surface area contributed by atoms with Crippen molar-refractivity contribution in [1.82, 2.24) is 4.98 Å². The van der Waals surface area contributed by atoms with Gasteiger partial charge in [0.05, 0.1) is 10.5 Å². The van der Waals surface area contributed by atoms with E-state index in [2.05, 4.69) is 4.98 Å². The normalized spacial score (nSPS) is 9.60. The van der Waals surface area contributed by atoms with Crippen LogP contribution in [0.25, 0.3) is 10.9 Å². The van der Waals surface area contributed by atoms with Crippen LogP contribution in [0.15, 0.2) is 24.4 Å². The van der Waals surface area contributed by atoms with Gasteiger partial charge in [0.2, 0.25) is 0 Å². The van der Waals surface area contributed by atoms with Crippen LogP contribution in [-0.2, 0) is 0 Å². The molecule has 2 aromatic rings. The highest BCUT2D eigenvalue weighted by Crippen LogP contribution is 2.29. The van der Waals surface area contributed by atoms with E-state index < -0.39 is 0 Å². The molecule has 3 heteroatoms. The molecule has 0 amide bonds. The molecular weight excluding hydrogens is 210 g/mol. The maximum absolute atomic E-state index is 9.28. The minimum Gasteiger partial charge on any atom is -0.508 e. The Morgan fingerprint density at radius 2 is 1.93 bits per heavy atom. The molecule has 2 rings (SSSR count). The number of nitrogens with zero attached hydrogens (tertiary/aromatic N) is 1. The average molecular weight is 224 g/mol. The van der Waals surface area contributed by atoms with E-state index in [1.807, 2.05) is 26.8 Å². The zero-order valence-corrected chi connectivity index (χ0v) is 9.84. The minimum absolute atomic E-state index is 0.149. The Kier molecular flexibility index (Phi) is 3.92. The molecule has 1 N–H and O–H groups in total. The summed E-state index contributed by atoms with van der Waals surface area (Å²) in [7, 11) is 0. The molecule has 0 saturated heterocycles. The maximum Gasteiger partial charge on any atom is 0.119 e. The highest BCUT2D eigenvalue weighted by Gasteiger charge is 2.04. The molecule has 15 heavy (non-hydrogen) atoms. The average Bonchev–Trinajstić information content (AvgIpc) is 2.19. The van der Waals surface area contributed by atoms with Crippen molar-refractivity contribution in [2.75, 3.05) is 0 Å². The van der Waals surface area contributed by atoms with Crippen molar-refractivity contribution in [2.45, 2.75) is 20.8 Å². The van der Waals surface area contributed by atoms with E-state index >= 15 is 0 Å². The minimum atomic E-state index is 0.149. The summed E-state index contributed by atoms with van der Waals surface area (Å²) < 4.78 is 0. The lowest BCUT2D eigenvalue weighted by molar-refractivity contribution is 0.476. The van der Waals surface area contributed by atoms with Crippen LogP contribution in [0.3, 0.4) is 0 Å². The number of aryl methyl sites for hydroxylation is 1. The summed E-state index contributed by atoms with van der Waals surface area (Å²) in [5.41, 5.74) is 1.79. The molecule has 0 spiro atoms. The van der Waals surface area contributed by atoms with Gasteiger partial charge in [-0.2, -0.15) is 0 Å². The van der Waals surface area contributed by atoms with Gasteiger partial charge >= 0.3 is 0 Å². The number of hydrogen-bond donors (Lipinski definition) is 1. The Labute approximate surface area is 94.5 Å². The Morgan fingerprint density at radius 3 is 2.60 bits per heavy atom. The lowest BCUT2D eigenvalue weighted by Gasteiger charge is -2.03. The van der Waals surface area contributed by atoms with Gasteiger partial charge in [0.15, 0.2) is 0 Å². The van der Waals surface area contributed by atoms with E-state index in [1.165, 1.54) is 6.07 Å². The number of hydrogen-bond acceptors (Lipinski definition) is 2. The summed E-state index contributed by atoms with van der Waals surface area (Å²) in [5.74, 6) is 0.149. The lowest BCUT2D eigenvalue weighted by atomic mass is 10.1. The van der Waals surface area contributed by atoms with E-state index in [4.69, 9.17) is 11.6 Å². The van der Waals surface area contributed by atoms with E-state index in [-0.39, 0.29) is 5.75 Å². The zero-order valence-electron chi connectivity index (χ0n) is 9.08. The summed E-state index contributed by atoms with van der Waals surface area (Å²) in [4.78, 5) is 4.12. The van der Waals surface area contributed by atoms with Crippen molar-refractivity contribution in [1.29, 1.82) is 0 Å². The molecule has 1 aromatic carbocycles. The number of rotatable bonds is 0. The highest BCUT2D eigenvalue weighted by molar-refractivity contribution is 6.35. The van der Waals surface area contributed by atoms with Gasteiger partial charge in [0.1, 0.15) is 5.75 Å². The molecule has 0 radical (unpaired) electrons. The van der Waals surface area contributed by atoms with E-state index in [1.54, 1.807) is 12.3 Å². The van der Waals surface area contributed by atoms with Crippen LogP contribution in [0.4, 0.5) is 0 Å². The van der Waals surface area contributed by atoms with Gasteiger partial charge in [-0.3, -0.25) is 4.98 Å². The monoisotopic (exact) mass is 223 g/mol. The van der Waals surface area contributed by atoms with E-state index in [9.17, 15) is 5.11 Å². The summed E-state index contributed by atoms with van der Waals surface area (Å²) in [6.45, 7) is 5.97. The lowest BCUT2D eigenvalue weighted by Crippen LogP contribution is -1.83. The Hall–Kier alpha value is -1.28. The van der Waals surface area contributed by atoms with Crippen LogP contribution < -0.4 is 0 Å². The fourth-order valence-corrected chi connectivity index (χ4v) is 1.74. The van der Waals surface area contributed by atoms with Gasteiger partial charge in [0.25, 0.3) is 0 Å². The van der Waals surface area contributed by atoms with Crippen LogP contribution in [-0.4, -0.2) is 10.1 Å². The largest absolute Gasteiger partial charge is 0.508 e. The quantitative estimate of drug-likeness (QED) is 0.734. The summed E-state index contributed by atoms with van der Waals surface area (Å²) >= 11 is 5.97. The van der Waals surface area contributed by atoms with Gasteiger partial charge < -0.3 is 5.11 Å². The second-order valence-electron chi connectivity index (χ2n) is 2.95. The van der Waals surface area contributed by atoms with Crippen molar-refractivity contribution in [3.8, 4) is 5.75 Å². The summed E-state index contributed by atoms with van der Waals surface area (Å²) in [6, 6.07) is 5.03. The zero-order chi connectivity index (χ0) is 11.4. The maximum atomic E-state index is 9.28. The number of aromatic hydroxyl groups is 1. The molecule has 0 aliphatic carbocycles. The first-order chi connectivity index (χ1) is 7.18. The SMILES string of the molecule is CC.Cc1ccnc2cc(O)cc(Cl)c12. The topological polar surface area (TPSA) is 33.1 Å². The third-order valence-corrected chi connectivity index (χ3v) is 2.28. The Bertz CT molecular complexity index is 468. The molecular formula is C12H14ClNO. The number of benzene rings is 1. The second kappa shape index (κ2) is 4.99. The van der Waals surface area contributed by atoms with Gasteiger partial charge in [-0.25, -0.2) is 0 Å². The highest BCUT2D eigenvalue weighted by atomic mass is 35.5. The molecule has 1 aromatic heterocycles. The predicted molar refractivity (Wildman–Crippen MR) is 64.5 cm³/mol. The molecule has 0 saturated carbocycles. The fraction of sp³-hybridized carbons (Fsp3) is 0.250. The van der Waals surface area contributed by atoms with Crippen LogP contribution in [0.5, 0.6) is 5.75 Å².